The van der Waals surface area contributed by atoms with Crippen molar-refractivity contribution in [3.05, 3.63) is 83.7 Å². The third kappa shape index (κ3) is 8.58. The van der Waals surface area contributed by atoms with E-state index in [0.717, 1.165) is 42.4 Å². The van der Waals surface area contributed by atoms with E-state index >= 15 is 0 Å². The van der Waals surface area contributed by atoms with Crippen molar-refractivity contribution in [1.29, 1.82) is 0 Å². The van der Waals surface area contributed by atoms with Crippen molar-refractivity contribution in [3.8, 4) is 22.6 Å². The predicted octanol–water partition coefficient (Wildman–Crippen LogP) is 4.07. The van der Waals surface area contributed by atoms with Gasteiger partial charge in [-0.1, -0.05) is 24.3 Å². The Morgan fingerprint density at radius 3 is 2.51 bits per heavy atom. The first-order valence-corrected chi connectivity index (χ1v) is 16.7. The van der Waals surface area contributed by atoms with Crippen molar-refractivity contribution >= 4 is 29.4 Å². The zero-order valence-electron chi connectivity index (χ0n) is 28.4. The largest absolute Gasteiger partial charge is 0.490 e. The quantitative estimate of drug-likeness (QED) is 0.128. The van der Waals surface area contributed by atoms with E-state index in [1.807, 2.05) is 18.2 Å². The molecule has 51 heavy (non-hydrogen) atoms. The maximum Gasteiger partial charge on any atom is 0.407 e. The maximum atomic E-state index is 13.1. The zero-order chi connectivity index (χ0) is 36.3. The lowest BCUT2D eigenvalue weighted by Crippen LogP contribution is -2.58. The van der Waals surface area contributed by atoms with Gasteiger partial charge < -0.3 is 40.8 Å². The monoisotopic (exact) mass is 699 g/mol. The van der Waals surface area contributed by atoms with Crippen LogP contribution < -0.4 is 25.8 Å². The number of ether oxygens (including phenoxy) is 3. The summed E-state index contributed by atoms with van der Waals surface area (Å²) in [5.74, 6) is -0.882. The number of carboxylic acid groups (broad SMARTS) is 1. The number of fused-ring (bicyclic) bond motifs is 1. The van der Waals surface area contributed by atoms with Crippen molar-refractivity contribution in [2.45, 2.75) is 70.3 Å². The van der Waals surface area contributed by atoms with Crippen molar-refractivity contribution in [3.63, 3.8) is 0 Å². The highest BCUT2D eigenvalue weighted by atomic mass is 16.5. The minimum absolute atomic E-state index is 0.0125. The Labute approximate surface area is 293 Å². The van der Waals surface area contributed by atoms with Gasteiger partial charge in [0.25, 0.3) is 11.8 Å². The number of carbonyl (C=O) groups excluding carboxylic acids is 3. The highest BCUT2D eigenvalue weighted by molar-refractivity contribution is 6.01. The Morgan fingerprint density at radius 1 is 1.02 bits per heavy atom. The first kappa shape index (κ1) is 35.2. The second kappa shape index (κ2) is 14.3. The number of hydrogen-bond acceptors (Lipinski definition) is 9. The number of hydrogen-bond donors (Lipinski definition) is 5. The number of carboxylic acids is 1. The molecule has 2 aliphatic carbocycles. The van der Waals surface area contributed by atoms with Crippen LogP contribution in [0.5, 0.6) is 11.5 Å². The van der Waals surface area contributed by atoms with Crippen LogP contribution in [0.4, 0.5) is 4.79 Å². The fourth-order valence-corrected chi connectivity index (χ4v) is 6.65. The Balaban J connectivity index is 1.01. The summed E-state index contributed by atoms with van der Waals surface area (Å²) in [5, 5.41) is 28.5. The van der Waals surface area contributed by atoms with E-state index < -0.39 is 23.6 Å². The van der Waals surface area contributed by atoms with E-state index in [4.69, 9.17) is 25.1 Å². The van der Waals surface area contributed by atoms with Crippen LogP contribution >= 0.6 is 0 Å². The summed E-state index contributed by atoms with van der Waals surface area (Å²) in [6.45, 7) is 3.40. The van der Waals surface area contributed by atoms with Crippen LogP contribution in [0.3, 0.4) is 0 Å². The summed E-state index contributed by atoms with van der Waals surface area (Å²) < 4.78 is 18.7. The molecule has 2 aromatic heterocycles. The Kier molecular flexibility index (Phi) is 9.88. The average molecular weight is 700 g/mol. The Bertz CT molecular complexity index is 1950. The van der Waals surface area contributed by atoms with Gasteiger partial charge >= 0.3 is 12.1 Å². The molecule has 0 bridgehead atoms. The summed E-state index contributed by atoms with van der Waals surface area (Å²) >= 11 is 0. The fraction of sp³-hybridized carbons (Fsp3) is 0.378. The molecule has 0 radical (unpaired) electrons. The van der Waals surface area contributed by atoms with Crippen LogP contribution in [0, 0.1) is 5.41 Å². The molecule has 2 heterocycles. The third-order valence-electron chi connectivity index (χ3n) is 9.12. The average Bonchev–Trinajstić information content (AvgIpc) is 3.47. The van der Waals surface area contributed by atoms with Gasteiger partial charge in [-0.05, 0) is 92.0 Å². The summed E-state index contributed by atoms with van der Waals surface area (Å²) in [7, 11) is 0. The second-order valence-electron chi connectivity index (χ2n) is 14.0. The van der Waals surface area contributed by atoms with E-state index in [-0.39, 0.29) is 55.2 Å². The van der Waals surface area contributed by atoms with Crippen LogP contribution in [0.15, 0.2) is 67.0 Å². The van der Waals surface area contributed by atoms with Crippen LogP contribution in [0.1, 0.15) is 72.2 Å². The van der Waals surface area contributed by atoms with Gasteiger partial charge in [0.2, 0.25) is 0 Å². The summed E-state index contributed by atoms with van der Waals surface area (Å²) in [6, 6.07) is 16.1. The molecule has 14 nitrogen and oxygen atoms in total. The molecule has 6 N–H and O–H groups in total. The highest BCUT2D eigenvalue weighted by Gasteiger charge is 2.54. The standard InChI is InChI=1S/C37H41N5O9/c1-36(2,48)21-50-26-7-9-30-29(18-40-42(30)19-26)34(46)41-25-14-37(15-25)16-27(17-37)51-31-13-24(6-8-28(31)33(38)45)23-5-3-4-22(12-23)20-49-35(47)39-11-10-32(43)44/h3-9,12-13,18-19,25,27,48H,10-11,14-17,20-21H2,1-2H3,(H2,38,45)(H,39,47)(H,41,46)(H,43,44). The second-order valence-corrected chi connectivity index (χ2v) is 14.0. The van der Waals surface area contributed by atoms with Gasteiger partial charge in [-0.25, -0.2) is 9.31 Å². The van der Waals surface area contributed by atoms with E-state index in [9.17, 15) is 24.3 Å². The van der Waals surface area contributed by atoms with Crippen molar-refractivity contribution in [2.24, 2.45) is 11.1 Å². The van der Waals surface area contributed by atoms with Gasteiger partial charge in [-0.3, -0.25) is 14.4 Å². The number of aliphatic carboxylic acids is 1. The summed E-state index contributed by atoms with van der Waals surface area (Å²) in [4.78, 5) is 47.9. The predicted molar refractivity (Wildman–Crippen MR) is 184 cm³/mol. The number of rotatable bonds is 14. The molecule has 0 aliphatic heterocycles. The number of aliphatic hydroxyl groups is 1. The maximum absolute atomic E-state index is 13.1. The molecule has 2 fully saturated rings. The van der Waals surface area contributed by atoms with Gasteiger partial charge in [0, 0.05) is 12.6 Å². The number of primary amides is 1. The third-order valence-corrected chi connectivity index (χ3v) is 9.12. The van der Waals surface area contributed by atoms with E-state index in [1.165, 1.54) is 6.20 Å². The number of aromatic nitrogens is 2. The molecule has 0 saturated heterocycles. The molecule has 4 aromatic rings. The fourth-order valence-electron chi connectivity index (χ4n) is 6.65. The molecule has 2 aromatic carbocycles. The lowest BCUT2D eigenvalue weighted by Gasteiger charge is -2.57. The van der Waals surface area contributed by atoms with Crippen molar-refractivity contribution in [2.75, 3.05) is 13.2 Å². The minimum atomic E-state index is -1.02. The Morgan fingerprint density at radius 2 is 1.78 bits per heavy atom. The summed E-state index contributed by atoms with van der Waals surface area (Å²) in [5.41, 5.74) is 8.49. The molecule has 6 rings (SSSR count). The molecule has 2 saturated carbocycles. The number of carbonyl (C=O) groups is 4. The topological polar surface area (TPSA) is 204 Å². The first-order chi connectivity index (χ1) is 24.3. The number of nitrogens with zero attached hydrogens (tertiary/aromatic N) is 2. The molecular formula is C37H41N5O9. The molecule has 3 amide bonds. The number of alkyl carbamates (subject to hydrolysis) is 1. The molecule has 1 spiro atoms. The van der Waals surface area contributed by atoms with Gasteiger partial charge in [0.1, 0.15) is 24.7 Å². The molecule has 268 valence electrons. The zero-order valence-corrected chi connectivity index (χ0v) is 28.4. The van der Waals surface area contributed by atoms with Crippen LogP contribution in [0.25, 0.3) is 16.6 Å². The van der Waals surface area contributed by atoms with Gasteiger partial charge in [-0.2, -0.15) is 5.10 Å². The smallest absolute Gasteiger partial charge is 0.407 e. The Hall–Kier alpha value is -5.63. The molecule has 14 heteroatoms. The normalized spacial score (nSPS) is 19.4. The minimum Gasteiger partial charge on any atom is -0.490 e. The van der Waals surface area contributed by atoms with Crippen molar-refractivity contribution < 1.29 is 43.6 Å². The molecular weight excluding hydrogens is 658 g/mol. The van der Waals surface area contributed by atoms with Crippen molar-refractivity contribution in [1.82, 2.24) is 20.2 Å². The lowest BCUT2D eigenvalue weighted by atomic mass is 9.53. The van der Waals surface area contributed by atoms with E-state index in [0.29, 0.717) is 22.6 Å². The van der Waals surface area contributed by atoms with Crippen LogP contribution in [-0.2, 0) is 16.1 Å². The van der Waals surface area contributed by atoms with Gasteiger partial charge in [0.15, 0.2) is 0 Å². The lowest BCUT2D eigenvalue weighted by molar-refractivity contribution is -0.136. The number of nitrogens with one attached hydrogen (secondary N) is 2. The first-order valence-electron chi connectivity index (χ1n) is 16.7. The SMILES string of the molecule is CC(C)(O)COc1ccc2c(C(=O)NC3CC4(C3)CC(Oc3cc(-c5cccc(COC(=O)NCCC(=O)O)c5)ccc3C(N)=O)C4)cnn2c1. The van der Waals surface area contributed by atoms with Crippen LogP contribution in [-0.4, -0.2) is 74.6 Å². The molecule has 2 aliphatic rings. The number of benzene rings is 2. The summed E-state index contributed by atoms with van der Waals surface area (Å²) in [6.07, 6.45) is 5.40. The molecule has 0 atom stereocenters. The van der Waals surface area contributed by atoms with Gasteiger partial charge in [0.05, 0.1) is 47.2 Å². The number of pyridine rings is 1. The molecule has 0 unspecified atom stereocenters. The number of amides is 3. The highest BCUT2D eigenvalue weighted by Crippen LogP contribution is 2.57. The van der Waals surface area contributed by atoms with E-state index in [1.54, 1.807) is 61.0 Å². The van der Waals surface area contributed by atoms with E-state index in [2.05, 4.69) is 15.7 Å². The van der Waals surface area contributed by atoms with Crippen LogP contribution in [0.2, 0.25) is 0 Å². The van der Waals surface area contributed by atoms with Gasteiger partial charge in [-0.15, -0.1) is 0 Å². The number of nitrogens with two attached hydrogens (primary N) is 1.